The van der Waals surface area contributed by atoms with E-state index in [-0.39, 0.29) is 18.8 Å². The molecule has 37 heavy (non-hydrogen) atoms. The van der Waals surface area contributed by atoms with Gasteiger partial charge in [-0.05, 0) is 61.6 Å². The second-order valence-electron chi connectivity index (χ2n) is 10.5. The fraction of sp³-hybridized carbons (Fsp3) is 0.370. The van der Waals surface area contributed by atoms with Crippen LogP contribution in [-0.4, -0.2) is 41.0 Å². The Labute approximate surface area is 220 Å². The van der Waals surface area contributed by atoms with Crippen LogP contribution >= 0.6 is 11.6 Å². The van der Waals surface area contributed by atoms with Crippen molar-refractivity contribution in [1.82, 2.24) is 9.29 Å². The van der Waals surface area contributed by atoms with Crippen LogP contribution in [0.3, 0.4) is 0 Å². The van der Waals surface area contributed by atoms with Crippen LogP contribution in [0.4, 0.5) is 5.69 Å². The normalized spacial score (nSPS) is 19.2. The third-order valence-electron chi connectivity index (χ3n) is 7.20. The molecule has 1 aromatic heterocycles. The minimum Gasteiger partial charge on any atom is -0.386 e. The Balaban J connectivity index is 1.49. The second kappa shape index (κ2) is 9.07. The van der Waals surface area contributed by atoms with Gasteiger partial charge in [-0.15, -0.1) is 0 Å². The standard InChI is InChI=1S/C27H27ClN4O4S/c1-26(2,34)19-5-3-17-11-30-12-24(22(17)9-19)31-25(33)23-14-32(13-18-4-6-20(28)10-21(18)23)37(35,36)16-27(15-29)7-8-27/h3-6,9-12,23,34H,7-8,13-14,16H2,1-2H3,(H,31,33). The summed E-state index contributed by atoms with van der Waals surface area (Å²) in [6.45, 7) is 3.42. The number of carbonyl (C=O) groups excluding carboxylic acids is 1. The average molecular weight is 539 g/mol. The smallest absolute Gasteiger partial charge is 0.233 e. The topological polar surface area (TPSA) is 123 Å². The minimum atomic E-state index is -3.78. The number of amides is 1. The van der Waals surface area contributed by atoms with E-state index >= 15 is 0 Å². The summed E-state index contributed by atoms with van der Waals surface area (Å²) < 4.78 is 27.9. The van der Waals surface area contributed by atoms with Gasteiger partial charge in [0.25, 0.3) is 0 Å². The predicted octanol–water partition coefficient (Wildman–Crippen LogP) is 4.29. The summed E-state index contributed by atoms with van der Waals surface area (Å²) in [4.78, 5) is 17.9. The quantitative estimate of drug-likeness (QED) is 0.482. The highest BCUT2D eigenvalue weighted by Crippen LogP contribution is 2.47. The zero-order chi connectivity index (χ0) is 26.6. The molecule has 10 heteroatoms. The maximum atomic E-state index is 13.7. The van der Waals surface area contributed by atoms with E-state index in [1.165, 1.54) is 10.5 Å². The van der Waals surface area contributed by atoms with Gasteiger partial charge in [0.2, 0.25) is 15.9 Å². The van der Waals surface area contributed by atoms with Gasteiger partial charge in [0.15, 0.2) is 0 Å². The van der Waals surface area contributed by atoms with E-state index in [2.05, 4.69) is 16.4 Å². The number of sulfonamides is 1. The van der Waals surface area contributed by atoms with Crippen molar-refractivity contribution in [1.29, 1.82) is 5.26 Å². The lowest BCUT2D eigenvalue weighted by Crippen LogP contribution is -2.44. The molecule has 1 atom stereocenters. The Kier molecular flexibility index (Phi) is 6.28. The van der Waals surface area contributed by atoms with Crippen molar-refractivity contribution in [2.24, 2.45) is 5.41 Å². The first kappa shape index (κ1) is 25.6. The lowest BCUT2D eigenvalue weighted by molar-refractivity contribution is -0.118. The van der Waals surface area contributed by atoms with Gasteiger partial charge in [0.1, 0.15) is 0 Å². The van der Waals surface area contributed by atoms with Crippen LogP contribution in [0.5, 0.6) is 0 Å². The summed E-state index contributed by atoms with van der Waals surface area (Å²) in [6.07, 6.45) is 4.33. The van der Waals surface area contributed by atoms with Crippen LogP contribution in [0.25, 0.3) is 10.8 Å². The number of nitrogens with one attached hydrogen (secondary N) is 1. The lowest BCUT2D eigenvalue weighted by Gasteiger charge is -2.34. The molecule has 2 aliphatic rings. The Morgan fingerprint density at radius 3 is 2.70 bits per heavy atom. The summed E-state index contributed by atoms with van der Waals surface area (Å²) in [5.74, 6) is -1.46. The van der Waals surface area contributed by atoms with Gasteiger partial charge in [0.05, 0.1) is 40.6 Å². The summed E-state index contributed by atoms with van der Waals surface area (Å²) in [5, 5.41) is 24.8. The molecule has 3 aromatic rings. The average Bonchev–Trinajstić information content (AvgIpc) is 3.61. The summed E-state index contributed by atoms with van der Waals surface area (Å²) in [7, 11) is -3.78. The van der Waals surface area contributed by atoms with E-state index in [0.717, 1.165) is 5.39 Å². The first-order valence-electron chi connectivity index (χ1n) is 12.0. The molecule has 1 unspecified atom stereocenters. The number of hydrogen-bond acceptors (Lipinski definition) is 6. The van der Waals surface area contributed by atoms with Gasteiger partial charge in [-0.25, -0.2) is 8.42 Å². The van der Waals surface area contributed by atoms with Crippen LogP contribution < -0.4 is 5.32 Å². The number of nitrogens with zero attached hydrogens (tertiary/aromatic N) is 3. The number of pyridine rings is 1. The molecule has 1 aliphatic heterocycles. The predicted molar refractivity (Wildman–Crippen MR) is 141 cm³/mol. The Morgan fingerprint density at radius 1 is 1.27 bits per heavy atom. The third-order valence-corrected chi connectivity index (χ3v) is 9.42. The van der Waals surface area contributed by atoms with E-state index in [0.29, 0.717) is 45.6 Å². The molecular formula is C27H27ClN4O4S. The van der Waals surface area contributed by atoms with Crippen LogP contribution in [0.2, 0.25) is 5.02 Å². The number of hydrogen-bond donors (Lipinski definition) is 2. The number of nitriles is 1. The van der Waals surface area contributed by atoms with Gasteiger partial charge in [-0.2, -0.15) is 9.57 Å². The number of benzene rings is 2. The molecule has 1 aliphatic carbocycles. The molecule has 5 rings (SSSR count). The van der Waals surface area contributed by atoms with Gasteiger partial charge >= 0.3 is 0 Å². The molecule has 0 spiro atoms. The molecule has 192 valence electrons. The molecule has 2 aromatic carbocycles. The van der Waals surface area contributed by atoms with Crippen LogP contribution in [0.1, 0.15) is 49.3 Å². The highest BCUT2D eigenvalue weighted by Gasteiger charge is 2.49. The summed E-state index contributed by atoms with van der Waals surface area (Å²) >= 11 is 6.25. The third kappa shape index (κ3) is 5.07. The van der Waals surface area contributed by atoms with Crippen molar-refractivity contribution in [2.75, 3.05) is 17.6 Å². The fourth-order valence-corrected chi connectivity index (χ4v) is 6.90. The molecule has 2 N–H and O–H groups in total. The monoisotopic (exact) mass is 538 g/mol. The Hall–Kier alpha value is -3.03. The number of aliphatic hydroxyl groups is 1. The summed E-state index contributed by atoms with van der Waals surface area (Å²) in [6, 6.07) is 12.7. The molecule has 1 saturated carbocycles. The van der Waals surface area contributed by atoms with Gasteiger partial charge < -0.3 is 10.4 Å². The van der Waals surface area contributed by atoms with Crippen LogP contribution in [0, 0.1) is 16.7 Å². The van der Waals surface area contributed by atoms with Gasteiger partial charge in [0, 0.05) is 35.1 Å². The van der Waals surface area contributed by atoms with Gasteiger partial charge in [-0.3, -0.25) is 9.78 Å². The number of halogens is 1. The van der Waals surface area contributed by atoms with Crippen LogP contribution in [-0.2, 0) is 27.0 Å². The van der Waals surface area contributed by atoms with Crippen LogP contribution in [0.15, 0.2) is 48.8 Å². The highest BCUT2D eigenvalue weighted by molar-refractivity contribution is 7.89. The van der Waals surface area contributed by atoms with Gasteiger partial charge in [-0.1, -0.05) is 29.8 Å². The number of carbonyl (C=O) groups is 1. The van der Waals surface area contributed by atoms with E-state index in [1.807, 2.05) is 18.2 Å². The molecule has 8 nitrogen and oxygen atoms in total. The van der Waals surface area contributed by atoms with E-state index in [4.69, 9.17) is 11.6 Å². The second-order valence-corrected chi connectivity index (χ2v) is 12.9. The minimum absolute atomic E-state index is 0.0594. The molecular weight excluding hydrogens is 512 g/mol. The molecule has 1 amide bonds. The Bertz CT molecular complexity index is 1550. The molecule has 0 radical (unpaired) electrons. The number of rotatable bonds is 6. The largest absolute Gasteiger partial charge is 0.386 e. The molecule has 0 saturated heterocycles. The number of anilines is 1. The van der Waals surface area contributed by atoms with Crippen molar-refractivity contribution < 1.29 is 18.3 Å². The van der Waals surface area contributed by atoms with E-state index in [9.17, 15) is 23.6 Å². The number of aromatic nitrogens is 1. The number of fused-ring (bicyclic) bond motifs is 2. The highest BCUT2D eigenvalue weighted by atomic mass is 35.5. The van der Waals surface area contributed by atoms with E-state index < -0.39 is 32.9 Å². The molecule has 1 fully saturated rings. The first-order valence-corrected chi connectivity index (χ1v) is 14.0. The first-order chi connectivity index (χ1) is 17.4. The summed E-state index contributed by atoms with van der Waals surface area (Å²) in [5.41, 5.74) is 0.599. The molecule has 0 bridgehead atoms. The maximum absolute atomic E-state index is 13.7. The zero-order valence-corrected chi connectivity index (χ0v) is 22.1. The van der Waals surface area contributed by atoms with Crippen molar-refractivity contribution in [3.05, 3.63) is 70.5 Å². The fourth-order valence-electron chi connectivity index (χ4n) is 4.77. The van der Waals surface area contributed by atoms with Crippen molar-refractivity contribution in [3.8, 4) is 6.07 Å². The molecule has 2 heterocycles. The van der Waals surface area contributed by atoms with Crippen molar-refractivity contribution in [2.45, 2.75) is 44.8 Å². The maximum Gasteiger partial charge on any atom is 0.233 e. The zero-order valence-electron chi connectivity index (χ0n) is 20.5. The Morgan fingerprint density at radius 2 is 2.03 bits per heavy atom. The van der Waals surface area contributed by atoms with Crippen molar-refractivity contribution >= 4 is 44.0 Å². The SMILES string of the molecule is CC(C)(O)c1ccc2cncc(NC(=O)C3CN(S(=O)(=O)CC4(C#N)CC4)Cc4ccc(Cl)cc43)c2c1. The van der Waals surface area contributed by atoms with E-state index in [1.54, 1.807) is 38.2 Å². The lowest BCUT2D eigenvalue weighted by atomic mass is 9.90. The van der Waals surface area contributed by atoms with Crippen molar-refractivity contribution in [3.63, 3.8) is 0 Å².